The number of hydrogen-bond acceptors (Lipinski definition) is 6. The molecule has 0 spiro atoms. The summed E-state index contributed by atoms with van der Waals surface area (Å²) in [6.07, 6.45) is 1.64. The van der Waals surface area contributed by atoms with E-state index in [1.807, 2.05) is 57.2 Å². The summed E-state index contributed by atoms with van der Waals surface area (Å²) in [4.78, 5) is 40.2. The van der Waals surface area contributed by atoms with E-state index in [1.54, 1.807) is 12.1 Å². The Morgan fingerprint density at radius 2 is 1.83 bits per heavy atom. The highest BCUT2D eigenvalue weighted by Gasteiger charge is 2.31. The number of amides is 3. The van der Waals surface area contributed by atoms with Gasteiger partial charge in [-0.3, -0.25) is 25.1 Å². The fourth-order valence-corrected chi connectivity index (χ4v) is 4.88. The van der Waals surface area contributed by atoms with Gasteiger partial charge < -0.3 is 31.7 Å². The van der Waals surface area contributed by atoms with Gasteiger partial charge in [-0.1, -0.05) is 55.8 Å². The van der Waals surface area contributed by atoms with Crippen LogP contribution in [-0.2, 0) is 27.2 Å². The smallest absolute Gasteiger partial charge is 0.244 e. The van der Waals surface area contributed by atoms with Gasteiger partial charge in [0.15, 0.2) is 5.96 Å². The standard InChI is InChI=1S/C30H42ClN7O4/c1-18(2)26-29(41)37-24(16-35-30(32)33)27(39)34-13-7-10-21-9-4-5-12-25(21)42-17-19(3)36-23(28(40)38-26)15-20-8-6-11-22(31)14-20/h4-6,8-9,11-12,14,18-19,23-24,26,36H,7,10,13,15-17H2,1-3H3,(H,34,39)(H,37,41)(H,38,40)(H4,32,33,35)/t19-,23+,24-,26+/m0/s1. The Morgan fingerprint density at radius 1 is 1.07 bits per heavy atom. The molecule has 1 aliphatic heterocycles. The van der Waals surface area contributed by atoms with Crippen LogP contribution in [0.15, 0.2) is 48.5 Å². The normalized spacial score (nSPS) is 22.8. The number of carbonyl (C=O) groups is 3. The second-order valence-corrected chi connectivity index (χ2v) is 11.3. The highest BCUT2D eigenvalue weighted by atomic mass is 35.5. The van der Waals surface area contributed by atoms with Crippen molar-refractivity contribution in [1.82, 2.24) is 26.6 Å². The minimum absolute atomic E-state index is 0.0845. The molecule has 2 aromatic rings. The number of fused-ring (bicyclic) bond motifs is 1. The average Bonchev–Trinajstić information content (AvgIpc) is 2.94. The maximum Gasteiger partial charge on any atom is 0.244 e. The number of rotatable bonds is 5. The van der Waals surface area contributed by atoms with Crippen LogP contribution in [0.5, 0.6) is 5.75 Å². The lowest BCUT2D eigenvalue weighted by Gasteiger charge is -2.29. The van der Waals surface area contributed by atoms with Gasteiger partial charge >= 0.3 is 0 Å². The van der Waals surface area contributed by atoms with Crippen molar-refractivity contribution in [2.75, 3.05) is 19.7 Å². The second-order valence-electron chi connectivity index (χ2n) is 10.9. The fourth-order valence-electron chi connectivity index (χ4n) is 4.67. The van der Waals surface area contributed by atoms with E-state index in [1.165, 1.54) is 0 Å². The first-order valence-electron chi connectivity index (χ1n) is 14.2. The zero-order valence-electron chi connectivity index (χ0n) is 24.3. The Morgan fingerprint density at radius 3 is 2.55 bits per heavy atom. The molecule has 0 saturated carbocycles. The van der Waals surface area contributed by atoms with Crippen molar-refractivity contribution in [3.63, 3.8) is 0 Å². The van der Waals surface area contributed by atoms with E-state index in [0.29, 0.717) is 37.4 Å². The molecule has 1 aliphatic rings. The molecular weight excluding hydrogens is 558 g/mol. The topological polar surface area (TPSA) is 170 Å². The van der Waals surface area contributed by atoms with E-state index in [-0.39, 0.29) is 30.4 Å². The first kappa shape index (κ1) is 32.7. The lowest BCUT2D eigenvalue weighted by molar-refractivity contribution is -0.133. The zero-order valence-corrected chi connectivity index (χ0v) is 25.1. The molecule has 1 heterocycles. The summed E-state index contributed by atoms with van der Waals surface area (Å²) in [6, 6.07) is 12.2. The lowest BCUT2D eigenvalue weighted by atomic mass is 10.00. The summed E-state index contributed by atoms with van der Waals surface area (Å²) in [6.45, 7) is 6.16. The molecule has 8 N–H and O–H groups in total. The molecule has 3 rings (SSSR count). The third-order valence-electron chi connectivity index (χ3n) is 6.89. The van der Waals surface area contributed by atoms with Crippen molar-refractivity contribution in [2.24, 2.45) is 11.7 Å². The number of nitrogens with one attached hydrogen (secondary N) is 6. The van der Waals surface area contributed by atoms with Gasteiger partial charge in [0.05, 0.1) is 6.04 Å². The zero-order chi connectivity index (χ0) is 30.6. The fraction of sp³-hybridized carbons (Fsp3) is 0.467. The number of para-hydroxylation sites is 1. The molecule has 12 heteroatoms. The van der Waals surface area contributed by atoms with Crippen LogP contribution in [0, 0.1) is 11.3 Å². The Hall–Kier alpha value is -3.83. The monoisotopic (exact) mass is 599 g/mol. The van der Waals surface area contributed by atoms with Crippen molar-refractivity contribution in [3.05, 3.63) is 64.7 Å². The highest BCUT2D eigenvalue weighted by Crippen LogP contribution is 2.20. The number of ether oxygens (including phenoxy) is 1. The minimum Gasteiger partial charge on any atom is -0.492 e. The predicted octanol–water partition coefficient (Wildman–Crippen LogP) is 1.48. The van der Waals surface area contributed by atoms with E-state index >= 15 is 0 Å². The maximum absolute atomic E-state index is 13.7. The van der Waals surface area contributed by atoms with Gasteiger partial charge in [0.1, 0.15) is 24.4 Å². The number of carbonyl (C=O) groups excluding carboxylic acids is 3. The molecule has 11 nitrogen and oxygen atoms in total. The molecule has 0 saturated heterocycles. The van der Waals surface area contributed by atoms with E-state index in [2.05, 4.69) is 26.6 Å². The van der Waals surface area contributed by atoms with Crippen molar-refractivity contribution in [2.45, 2.75) is 64.2 Å². The Labute approximate surface area is 252 Å². The summed E-state index contributed by atoms with van der Waals surface area (Å²) < 4.78 is 6.16. The predicted molar refractivity (Wildman–Crippen MR) is 163 cm³/mol. The van der Waals surface area contributed by atoms with Gasteiger partial charge in [-0.2, -0.15) is 0 Å². The number of hydrogen-bond donors (Lipinski definition) is 7. The van der Waals surface area contributed by atoms with Gasteiger partial charge in [-0.25, -0.2) is 0 Å². The molecule has 4 atom stereocenters. The van der Waals surface area contributed by atoms with Gasteiger partial charge in [-0.15, -0.1) is 0 Å². The highest BCUT2D eigenvalue weighted by molar-refractivity contribution is 6.30. The summed E-state index contributed by atoms with van der Waals surface area (Å²) >= 11 is 6.21. The van der Waals surface area contributed by atoms with Gasteiger partial charge in [-0.05, 0) is 61.4 Å². The van der Waals surface area contributed by atoms with E-state index in [0.717, 1.165) is 16.9 Å². The SMILES string of the molecule is CC(C)[C@H]1NC(=O)[C@@H](Cc2cccc(Cl)c2)N[C@@H](C)COc2ccccc2CCCNC(=O)[C@H](CNC(=N)N)NC1=O. The summed E-state index contributed by atoms with van der Waals surface area (Å²) in [5.41, 5.74) is 7.29. The number of benzene rings is 2. The quantitative estimate of drug-likeness (QED) is 0.201. The van der Waals surface area contributed by atoms with Crippen molar-refractivity contribution in [3.8, 4) is 5.75 Å². The van der Waals surface area contributed by atoms with Crippen LogP contribution in [0.3, 0.4) is 0 Å². The van der Waals surface area contributed by atoms with E-state index in [9.17, 15) is 14.4 Å². The van der Waals surface area contributed by atoms with Crippen LogP contribution in [0.4, 0.5) is 0 Å². The largest absolute Gasteiger partial charge is 0.492 e. The van der Waals surface area contributed by atoms with Gasteiger partial charge in [0.25, 0.3) is 0 Å². The molecular formula is C30H42ClN7O4. The molecule has 2 aromatic carbocycles. The number of aryl methyl sites for hydroxylation is 1. The summed E-state index contributed by atoms with van der Waals surface area (Å²) in [5.74, 6) is -1.19. The molecule has 0 unspecified atom stereocenters. The lowest BCUT2D eigenvalue weighted by Crippen LogP contribution is -2.60. The molecule has 42 heavy (non-hydrogen) atoms. The second kappa shape index (κ2) is 16.0. The van der Waals surface area contributed by atoms with Crippen LogP contribution in [0.2, 0.25) is 5.02 Å². The molecule has 0 radical (unpaired) electrons. The Balaban J connectivity index is 1.91. The first-order valence-corrected chi connectivity index (χ1v) is 14.6. The summed E-state index contributed by atoms with van der Waals surface area (Å²) in [7, 11) is 0. The first-order chi connectivity index (χ1) is 20.0. The van der Waals surface area contributed by atoms with E-state index in [4.69, 9.17) is 27.5 Å². The third kappa shape index (κ3) is 10.2. The number of halogens is 1. The minimum atomic E-state index is -1.02. The molecule has 3 amide bonds. The van der Waals surface area contributed by atoms with Crippen LogP contribution in [0.1, 0.15) is 38.3 Å². The molecule has 228 valence electrons. The number of guanidine groups is 1. The molecule has 0 bridgehead atoms. The Kier molecular flexibility index (Phi) is 12.4. The summed E-state index contributed by atoms with van der Waals surface area (Å²) in [5, 5.41) is 22.5. The molecule has 0 aromatic heterocycles. The van der Waals surface area contributed by atoms with E-state index < -0.39 is 29.9 Å². The Bertz CT molecular complexity index is 1240. The molecule has 0 aliphatic carbocycles. The van der Waals surface area contributed by atoms with Gasteiger partial charge in [0.2, 0.25) is 17.7 Å². The van der Waals surface area contributed by atoms with Crippen LogP contribution >= 0.6 is 11.6 Å². The van der Waals surface area contributed by atoms with Crippen molar-refractivity contribution in [1.29, 1.82) is 5.41 Å². The third-order valence-corrected chi connectivity index (χ3v) is 7.13. The maximum atomic E-state index is 13.7. The van der Waals surface area contributed by atoms with Crippen LogP contribution in [0.25, 0.3) is 0 Å². The van der Waals surface area contributed by atoms with Crippen LogP contribution < -0.4 is 37.1 Å². The van der Waals surface area contributed by atoms with Crippen molar-refractivity contribution >= 4 is 35.3 Å². The molecule has 0 fully saturated rings. The van der Waals surface area contributed by atoms with Gasteiger partial charge in [0, 0.05) is 24.2 Å². The van der Waals surface area contributed by atoms with Crippen molar-refractivity contribution < 1.29 is 19.1 Å². The van der Waals surface area contributed by atoms with Crippen LogP contribution in [-0.4, -0.2) is 67.5 Å². The average molecular weight is 600 g/mol. The number of nitrogens with two attached hydrogens (primary N) is 1.